The lowest BCUT2D eigenvalue weighted by atomic mass is 10.2. The van der Waals surface area contributed by atoms with E-state index in [9.17, 15) is 8.78 Å². The number of alkyl halides is 2. The summed E-state index contributed by atoms with van der Waals surface area (Å²) in [5.74, 6) is 0. The van der Waals surface area contributed by atoms with Crippen LogP contribution < -0.4 is 5.73 Å². The van der Waals surface area contributed by atoms with Crippen molar-refractivity contribution in [3.05, 3.63) is 23.5 Å². The van der Waals surface area contributed by atoms with Gasteiger partial charge in [-0.05, 0) is 6.07 Å². The Morgan fingerprint density at radius 3 is 2.67 bits per heavy atom. The number of nitrogens with zero attached hydrogens (tertiary/aromatic N) is 1. The van der Waals surface area contributed by atoms with Crippen molar-refractivity contribution in [2.75, 3.05) is 5.73 Å². The van der Waals surface area contributed by atoms with Crippen molar-refractivity contribution in [3.8, 4) is 0 Å². The smallest absolute Gasteiger partial charge is 0.267 e. The van der Waals surface area contributed by atoms with Crippen molar-refractivity contribution in [3.63, 3.8) is 0 Å². The summed E-state index contributed by atoms with van der Waals surface area (Å²) in [5.41, 5.74) is 5.22. The Morgan fingerprint density at radius 2 is 2.25 bits per heavy atom. The second-order valence-electron chi connectivity index (χ2n) is 2.26. The number of halogens is 2. The van der Waals surface area contributed by atoms with E-state index < -0.39 is 6.43 Å². The van der Waals surface area contributed by atoms with Crippen LogP contribution in [0.2, 0.25) is 0 Å². The highest BCUT2D eigenvalue weighted by molar-refractivity contribution is 5.46. The van der Waals surface area contributed by atoms with Crippen LogP contribution in [0.15, 0.2) is 12.3 Å². The van der Waals surface area contributed by atoms with E-state index in [1.807, 2.05) is 0 Å². The number of aliphatic hydroxyl groups excluding tert-OH is 1. The molecule has 1 heterocycles. The third kappa shape index (κ3) is 1.68. The summed E-state index contributed by atoms with van der Waals surface area (Å²) in [5, 5.41) is 8.59. The molecule has 3 nitrogen and oxygen atoms in total. The van der Waals surface area contributed by atoms with Crippen LogP contribution in [0.25, 0.3) is 0 Å². The molecule has 0 bridgehead atoms. The van der Waals surface area contributed by atoms with E-state index in [-0.39, 0.29) is 23.6 Å². The molecule has 12 heavy (non-hydrogen) atoms. The van der Waals surface area contributed by atoms with Gasteiger partial charge in [-0.2, -0.15) is 0 Å². The third-order valence-corrected chi connectivity index (χ3v) is 1.42. The molecular formula is C7H8F2N2O. The largest absolute Gasteiger partial charge is 0.398 e. The minimum absolute atomic E-state index is 0.0379. The lowest BCUT2D eigenvalue weighted by Crippen LogP contribution is -1.99. The maximum Gasteiger partial charge on any atom is 0.267 e. The lowest BCUT2D eigenvalue weighted by Gasteiger charge is -2.04. The van der Waals surface area contributed by atoms with Crippen molar-refractivity contribution in [2.24, 2.45) is 0 Å². The molecule has 5 heteroatoms. The Balaban J connectivity index is 3.03. The van der Waals surface area contributed by atoms with E-state index in [1.165, 1.54) is 6.07 Å². The number of rotatable bonds is 2. The zero-order valence-electron chi connectivity index (χ0n) is 6.17. The number of anilines is 1. The maximum atomic E-state index is 12.1. The van der Waals surface area contributed by atoms with Crippen LogP contribution in [0, 0.1) is 0 Å². The van der Waals surface area contributed by atoms with Crippen molar-refractivity contribution >= 4 is 5.69 Å². The van der Waals surface area contributed by atoms with Crippen LogP contribution >= 0.6 is 0 Å². The zero-order chi connectivity index (χ0) is 9.14. The topological polar surface area (TPSA) is 59.1 Å². The van der Waals surface area contributed by atoms with Gasteiger partial charge in [0.15, 0.2) is 0 Å². The number of aliphatic hydroxyl groups is 1. The number of pyridine rings is 1. The summed E-state index contributed by atoms with van der Waals surface area (Å²) in [6, 6.07) is 1.24. The Kier molecular flexibility index (Phi) is 2.54. The third-order valence-electron chi connectivity index (χ3n) is 1.42. The monoisotopic (exact) mass is 174 g/mol. The molecule has 1 rings (SSSR count). The van der Waals surface area contributed by atoms with Gasteiger partial charge in [0.05, 0.1) is 17.9 Å². The molecule has 0 aliphatic rings. The number of nitrogens with two attached hydrogens (primary N) is 1. The molecule has 66 valence electrons. The predicted octanol–water partition coefficient (Wildman–Crippen LogP) is 1.09. The molecule has 1 aromatic heterocycles. The first-order chi connectivity index (χ1) is 5.65. The van der Waals surface area contributed by atoms with Gasteiger partial charge < -0.3 is 10.8 Å². The lowest BCUT2D eigenvalue weighted by molar-refractivity contribution is 0.151. The van der Waals surface area contributed by atoms with E-state index in [2.05, 4.69) is 4.98 Å². The van der Waals surface area contributed by atoms with Gasteiger partial charge in [0, 0.05) is 11.9 Å². The number of aromatic nitrogens is 1. The summed E-state index contributed by atoms with van der Waals surface area (Å²) < 4.78 is 24.2. The highest BCUT2D eigenvalue weighted by Gasteiger charge is 2.11. The van der Waals surface area contributed by atoms with Crippen LogP contribution in [-0.4, -0.2) is 10.1 Å². The highest BCUT2D eigenvalue weighted by Crippen LogP contribution is 2.24. The minimum Gasteiger partial charge on any atom is -0.398 e. The average Bonchev–Trinajstić information content (AvgIpc) is 2.03. The first-order valence-corrected chi connectivity index (χ1v) is 3.28. The van der Waals surface area contributed by atoms with E-state index in [0.717, 1.165) is 6.20 Å². The molecule has 0 amide bonds. The molecule has 0 aliphatic carbocycles. The SMILES string of the molecule is Nc1cc(CO)ncc1C(F)F. The van der Waals surface area contributed by atoms with Gasteiger partial charge >= 0.3 is 0 Å². The summed E-state index contributed by atoms with van der Waals surface area (Å²) in [4.78, 5) is 3.57. The zero-order valence-corrected chi connectivity index (χ0v) is 6.17. The Hall–Kier alpha value is -1.23. The minimum atomic E-state index is -2.62. The highest BCUT2D eigenvalue weighted by atomic mass is 19.3. The van der Waals surface area contributed by atoms with Gasteiger partial charge in [-0.15, -0.1) is 0 Å². The van der Waals surface area contributed by atoms with Crippen LogP contribution in [0.5, 0.6) is 0 Å². The van der Waals surface area contributed by atoms with E-state index >= 15 is 0 Å². The molecule has 0 aromatic carbocycles. The number of nitrogen functional groups attached to an aromatic ring is 1. The summed E-state index contributed by atoms with van der Waals surface area (Å²) in [6.07, 6.45) is -1.64. The molecule has 0 spiro atoms. The van der Waals surface area contributed by atoms with Crippen molar-refractivity contribution in [1.29, 1.82) is 0 Å². The second-order valence-corrected chi connectivity index (χ2v) is 2.26. The van der Waals surface area contributed by atoms with Crippen molar-refractivity contribution in [2.45, 2.75) is 13.0 Å². The first-order valence-electron chi connectivity index (χ1n) is 3.28. The van der Waals surface area contributed by atoms with Crippen LogP contribution in [-0.2, 0) is 6.61 Å². The van der Waals surface area contributed by atoms with Gasteiger partial charge in [0.25, 0.3) is 6.43 Å². The van der Waals surface area contributed by atoms with E-state index in [1.54, 1.807) is 0 Å². The average molecular weight is 174 g/mol. The molecule has 3 N–H and O–H groups in total. The molecular weight excluding hydrogens is 166 g/mol. The normalized spacial score (nSPS) is 10.7. The Bertz CT molecular complexity index is 278. The fraction of sp³-hybridized carbons (Fsp3) is 0.286. The van der Waals surface area contributed by atoms with Gasteiger partial charge in [-0.3, -0.25) is 4.98 Å². The summed E-state index contributed by atoms with van der Waals surface area (Å²) in [7, 11) is 0. The molecule has 0 radical (unpaired) electrons. The molecule has 1 aromatic rings. The quantitative estimate of drug-likeness (QED) is 0.705. The van der Waals surface area contributed by atoms with Crippen molar-refractivity contribution in [1.82, 2.24) is 4.98 Å². The molecule has 0 atom stereocenters. The summed E-state index contributed by atoms with van der Waals surface area (Å²) >= 11 is 0. The molecule has 0 fully saturated rings. The molecule has 0 aliphatic heterocycles. The summed E-state index contributed by atoms with van der Waals surface area (Å²) in [6.45, 7) is -0.298. The van der Waals surface area contributed by atoms with Gasteiger partial charge in [0.2, 0.25) is 0 Å². The first kappa shape index (κ1) is 8.86. The van der Waals surface area contributed by atoms with Crippen LogP contribution in [0.4, 0.5) is 14.5 Å². The maximum absolute atomic E-state index is 12.1. The molecule has 0 unspecified atom stereocenters. The number of hydrogen-bond acceptors (Lipinski definition) is 3. The van der Waals surface area contributed by atoms with Crippen LogP contribution in [0.1, 0.15) is 17.7 Å². The molecule has 0 saturated carbocycles. The van der Waals surface area contributed by atoms with Gasteiger partial charge in [0.1, 0.15) is 0 Å². The fourth-order valence-electron chi connectivity index (χ4n) is 0.796. The number of hydrogen-bond donors (Lipinski definition) is 2. The predicted molar refractivity (Wildman–Crippen MR) is 39.5 cm³/mol. The van der Waals surface area contributed by atoms with Gasteiger partial charge in [-0.1, -0.05) is 0 Å². The Labute approximate surface area is 67.8 Å². The van der Waals surface area contributed by atoms with E-state index in [0.29, 0.717) is 0 Å². The fourth-order valence-corrected chi connectivity index (χ4v) is 0.796. The van der Waals surface area contributed by atoms with E-state index in [4.69, 9.17) is 10.8 Å². The second kappa shape index (κ2) is 3.44. The molecule has 0 saturated heterocycles. The van der Waals surface area contributed by atoms with Gasteiger partial charge in [-0.25, -0.2) is 8.78 Å². The Morgan fingerprint density at radius 1 is 1.58 bits per heavy atom. The van der Waals surface area contributed by atoms with Crippen LogP contribution in [0.3, 0.4) is 0 Å². The van der Waals surface area contributed by atoms with Crippen molar-refractivity contribution < 1.29 is 13.9 Å². The standard InChI is InChI=1S/C7H8F2N2O/c8-7(9)5-2-11-4(3-12)1-6(5)10/h1-2,7,12H,3H2,(H2,10,11).